The number of carbonyl (C=O) groups is 1. The normalized spacial score (nSPS) is 27.4. The van der Waals surface area contributed by atoms with Crippen molar-refractivity contribution < 1.29 is 17.9 Å². The van der Waals surface area contributed by atoms with Gasteiger partial charge in [-0.05, 0) is 25.7 Å². The number of rotatable bonds is 3. The predicted octanol–water partition coefficient (Wildman–Crippen LogP) is 0.765. The minimum absolute atomic E-state index is 0.0472. The number of amides is 2. The lowest BCUT2D eigenvalue weighted by atomic mass is 10.1. The smallest absolute Gasteiger partial charge is 0.320 e. The van der Waals surface area contributed by atoms with E-state index in [1.165, 1.54) is 0 Å². The third-order valence-corrected chi connectivity index (χ3v) is 6.98. The fourth-order valence-electron chi connectivity index (χ4n) is 3.69. The van der Waals surface area contributed by atoms with Gasteiger partial charge >= 0.3 is 6.03 Å². The Morgan fingerprint density at radius 2 is 1.65 bits per heavy atom. The number of sulfonamides is 1. The topological polar surface area (TPSA) is 79.0 Å². The zero-order chi connectivity index (χ0) is 16.3. The van der Waals surface area contributed by atoms with E-state index in [9.17, 15) is 13.2 Å². The quantitative estimate of drug-likeness (QED) is 0.819. The zero-order valence-corrected chi connectivity index (χ0v) is 14.4. The van der Waals surface area contributed by atoms with Gasteiger partial charge in [0.2, 0.25) is 10.0 Å². The Labute approximate surface area is 138 Å². The van der Waals surface area contributed by atoms with E-state index in [0.29, 0.717) is 45.8 Å². The molecular formula is C15H27N3O4S. The standard InChI is InChI=1S/C15H27N3O4S/c19-15(17-8-10-22-11-9-17)18-7-3-6-14(12-18)23(20,21)16-13-4-1-2-5-13/h13-14,16H,1-12H2/t14-/m1/s1. The summed E-state index contributed by atoms with van der Waals surface area (Å²) in [6, 6.07) is 0.0411. The van der Waals surface area contributed by atoms with Gasteiger partial charge in [-0.25, -0.2) is 17.9 Å². The Balaban J connectivity index is 1.59. The minimum Gasteiger partial charge on any atom is -0.378 e. The van der Waals surface area contributed by atoms with Crippen molar-refractivity contribution in [3.05, 3.63) is 0 Å². The number of ether oxygens (including phenoxy) is 1. The first-order valence-corrected chi connectivity index (χ1v) is 10.2. The fourth-order valence-corrected chi connectivity index (χ4v) is 5.44. The average molecular weight is 345 g/mol. The highest BCUT2D eigenvalue weighted by molar-refractivity contribution is 7.90. The number of hydrogen-bond donors (Lipinski definition) is 1. The lowest BCUT2D eigenvalue weighted by Gasteiger charge is -2.37. The van der Waals surface area contributed by atoms with Crippen LogP contribution in [0.15, 0.2) is 0 Å². The highest BCUT2D eigenvalue weighted by Crippen LogP contribution is 2.22. The number of nitrogens with one attached hydrogen (secondary N) is 1. The Morgan fingerprint density at radius 3 is 2.35 bits per heavy atom. The molecule has 1 saturated carbocycles. The number of piperidine rings is 1. The van der Waals surface area contributed by atoms with Crippen LogP contribution in [0, 0.1) is 0 Å². The molecule has 1 atom stereocenters. The summed E-state index contributed by atoms with van der Waals surface area (Å²) < 4.78 is 33.3. The highest BCUT2D eigenvalue weighted by atomic mass is 32.2. The molecule has 2 saturated heterocycles. The molecule has 7 nitrogen and oxygen atoms in total. The predicted molar refractivity (Wildman–Crippen MR) is 86.7 cm³/mol. The first-order chi connectivity index (χ1) is 11.1. The Hall–Kier alpha value is -0.860. The summed E-state index contributed by atoms with van der Waals surface area (Å²) in [5.74, 6) is 0. The van der Waals surface area contributed by atoms with E-state index in [1.54, 1.807) is 9.80 Å². The lowest BCUT2D eigenvalue weighted by Crippen LogP contribution is -2.54. The van der Waals surface area contributed by atoms with Gasteiger partial charge in [0.1, 0.15) is 0 Å². The SMILES string of the molecule is O=C(N1CCOCC1)N1CCC[C@@H](S(=O)(=O)NC2CCCC2)C1. The van der Waals surface area contributed by atoms with Crippen LogP contribution >= 0.6 is 0 Å². The van der Waals surface area contributed by atoms with Crippen molar-refractivity contribution in [2.45, 2.75) is 49.8 Å². The summed E-state index contributed by atoms with van der Waals surface area (Å²) >= 11 is 0. The van der Waals surface area contributed by atoms with E-state index in [2.05, 4.69) is 4.72 Å². The maximum atomic E-state index is 12.6. The van der Waals surface area contributed by atoms with Gasteiger partial charge < -0.3 is 14.5 Å². The molecule has 2 aliphatic heterocycles. The molecule has 0 radical (unpaired) electrons. The maximum Gasteiger partial charge on any atom is 0.320 e. The molecule has 0 unspecified atom stereocenters. The van der Waals surface area contributed by atoms with Gasteiger partial charge in [0.15, 0.2) is 0 Å². The molecule has 1 aliphatic carbocycles. The summed E-state index contributed by atoms with van der Waals surface area (Å²) in [5, 5.41) is -0.484. The van der Waals surface area contributed by atoms with E-state index >= 15 is 0 Å². The second-order valence-electron chi connectivity index (χ2n) is 6.74. The van der Waals surface area contributed by atoms with Crippen molar-refractivity contribution in [1.82, 2.24) is 14.5 Å². The number of hydrogen-bond acceptors (Lipinski definition) is 4. The van der Waals surface area contributed by atoms with Gasteiger partial charge in [-0.15, -0.1) is 0 Å². The molecule has 0 spiro atoms. The molecule has 0 aromatic heterocycles. The Kier molecular flexibility index (Phi) is 5.43. The van der Waals surface area contributed by atoms with E-state index < -0.39 is 15.3 Å². The van der Waals surface area contributed by atoms with Crippen molar-refractivity contribution in [3.63, 3.8) is 0 Å². The number of likely N-dealkylation sites (tertiary alicyclic amines) is 1. The molecule has 0 aromatic carbocycles. The van der Waals surface area contributed by atoms with Crippen molar-refractivity contribution in [3.8, 4) is 0 Å². The van der Waals surface area contributed by atoms with Crippen LogP contribution < -0.4 is 4.72 Å². The molecule has 132 valence electrons. The molecule has 0 aromatic rings. The van der Waals surface area contributed by atoms with Crippen LogP contribution in [0.25, 0.3) is 0 Å². The molecule has 2 heterocycles. The minimum atomic E-state index is -3.35. The summed E-state index contributed by atoms with van der Waals surface area (Å²) in [4.78, 5) is 16.0. The van der Waals surface area contributed by atoms with Gasteiger partial charge in [0, 0.05) is 32.2 Å². The van der Waals surface area contributed by atoms with Crippen molar-refractivity contribution in [2.75, 3.05) is 39.4 Å². The van der Waals surface area contributed by atoms with Crippen molar-refractivity contribution in [1.29, 1.82) is 0 Å². The van der Waals surface area contributed by atoms with E-state index in [4.69, 9.17) is 4.74 Å². The van der Waals surface area contributed by atoms with E-state index in [0.717, 1.165) is 32.1 Å². The molecule has 1 N–H and O–H groups in total. The second kappa shape index (κ2) is 7.36. The summed E-state index contributed by atoms with van der Waals surface area (Å²) in [7, 11) is -3.35. The monoisotopic (exact) mass is 345 g/mol. The van der Waals surface area contributed by atoms with Gasteiger partial charge in [-0.2, -0.15) is 0 Å². The molecule has 8 heteroatoms. The number of nitrogens with zero attached hydrogens (tertiary/aromatic N) is 2. The van der Waals surface area contributed by atoms with Gasteiger partial charge in [-0.1, -0.05) is 12.8 Å². The fraction of sp³-hybridized carbons (Fsp3) is 0.933. The molecule has 2 amide bonds. The Morgan fingerprint density at radius 1 is 0.957 bits per heavy atom. The maximum absolute atomic E-state index is 12.6. The van der Waals surface area contributed by atoms with Crippen LogP contribution in [0.2, 0.25) is 0 Å². The molecule has 3 aliphatic rings. The van der Waals surface area contributed by atoms with Crippen LogP contribution in [0.1, 0.15) is 38.5 Å². The summed E-state index contributed by atoms with van der Waals surface area (Å²) in [6.45, 7) is 3.25. The largest absolute Gasteiger partial charge is 0.378 e. The number of carbonyl (C=O) groups excluding carboxylic acids is 1. The third-order valence-electron chi connectivity index (χ3n) is 5.06. The van der Waals surface area contributed by atoms with Crippen molar-refractivity contribution in [2.24, 2.45) is 0 Å². The summed E-state index contributed by atoms with van der Waals surface area (Å²) in [6.07, 6.45) is 5.44. The molecule has 3 fully saturated rings. The average Bonchev–Trinajstić information content (AvgIpc) is 3.07. The molecule has 23 heavy (non-hydrogen) atoms. The van der Waals surface area contributed by atoms with E-state index in [-0.39, 0.29) is 12.1 Å². The van der Waals surface area contributed by atoms with Gasteiger partial charge in [-0.3, -0.25) is 0 Å². The first-order valence-electron chi connectivity index (χ1n) is 8.69. The number of urea groups is 1. The summed E-state index contributed by atoms with van der Waals surface area (Å²) in [5.41, 5.74) is 0. The molecule has 3 rings (SSSR count). The highest BCUT2D eigenvalue weighted by Gasteiger charge is 2.35. The molecule has 0 bridgehead atoms. The number of morpholine rings is 1. The van der Waals surface area contributed by atoms with Crippen LogP contribution in [-0.4, -0.2) is 74.9 Å². The van der Waals surface area contributed by atoms with E-state index in [1.807, 2.05) is 0 Å². The Bertz CT molecular complexity index is 513. The van der Waals surface area contributed by atoms with Crippen LogP contribution in [0.3, 0.4) is 0 Å². The van der Waals surface area contributed by atoms with Gasteiger partial charge in [0.05, 0.1) is 18.5 Å². The van der Waals surface area contributed by atoms with Crippen LogP contribution in [0.4, 0.5) is 4.79 Å². The van der Waals surface area contributed by atoms with Crippen LogP contribution in [-0.2, 0) is 14.8 Å². The van der Waals surface area contributed by atoms with Crippen LogP contribution in [0.5, 0.6) is 0 Å². The second-order valence-corrected chi connectivity index (χ2v) is 8.73. The van der Waals surface area contributed by atoms with Gasteiger partial charge in [0.25, 0.3) is 0 Å². The lowest BCUT2D eigenvalue weighted by molar-refractivity contribution is 0.0418. The first kappa shape index (κ1) is 17.0. The van der Waals surface area contributed by atoms with Crippen molar-refractivity contribution >= 4 is 16.1 Å². The molecular weight excluding hydrogens is 318 g/mol. The zero-order valence-electron chi connectivity index (χ0n) is 13.6. The third kappa shape index (κ3) is 4.16.